The van der Waals surface area contributed by atoms with Crippen LogP contribution in [-0.4, -0.2) is 29.4 Å². The molecule has 0 saturated carbocycles. The Kier molecular flexibility index (Phi) is 7.37. The number of carbonyl (C=O) groups excluding carboxylic acids is 2. The smallest absolute Gasteiger partial charge is 0.258 e. The maximum atomic E-state index is 12.5. The van der Waals surface area contributed by atoms with Gasteiger partial charge in [-0.05, 0) is 34.9 Å². The number of ether oxygens (including phenoxy) is 1. The molecule has 0 aliphatic carbocycles. The molecule has 3 aromatic carbocycles. The van der Waals surface area contributed by atoms with E-state index in [9.17, 15) is 9.59 Å². The molecule has 0 aliphatic rings. The maximum absolute atomic E-state index is 12.5. The summed E-state index contributed by atoms with van der Waals surface area (Å²) in [7, 11) is 0. The minimum atomic E-state index is -0.828. The number of rotatable bonds is 9. The number of fused-ring (bicyclic) bond motifs is 1. The van der Waals surface area contributed by atoms with Crippen molar-refractivity contribution in [3.8, 4) is 5.75 Å². The molecule has 7 heteroatoms. The SMILES string of the molecule is NNC(=O)C(Cc1c[nH]c2ccccc12)NC(=O)COc1ccc(/C=C/c2ccccc2)cc1. The molecule has 0 bridgehead atoms. The fourth-order valence-corrected chi connectivity index (χ4v) is 3.65. The van der Waals surface area contributed by atoms with Crippen LogP contribution in [0.3, 0.4) is 0 Å². The van der Waals surface area contributed by atoms with Crippen molar-refractivity contribution in [1.29, 1.82) is 0 Å². The van der Waals surface area contributed by atoms with E-state index in [1.54, 1.807) is 12.1 Å². The third kappa shape index (κ3) is 5.90. The first-order valence-electron chi connectivity index (χ1n) is 10.9. The van der Waals surface area contributed by atoms with Crippen LogP contribution in [0.1, 0.15) is 16.7 Å². The summed E-state index contributed by atoms with van der Waals surface area (Å²) in [5, 5.41) is 3.70. The monoisotopic (exact) mass is 454 g/mol. The standard InChI is InChI=1S/C27H26N4O3/c28-31-27(33)25(16-21-17-29-24-9-5-4-8-23(21)24)30-26(32)18-34-22-14-12-20(13-15-22)11-10-19-6-2-1-3-7-19/h1-15,17,25,29H,16,18,28H2,(H,30,32)(H,31,33)/b11-10+. The largest absolute Gasteiger partial charge is 0.484 e. The van der Waals surface area contributed by atoms with Crippen LogP contribution in [0.4, 0.5) is 0 Å². The van der Waals surface area contributed by atoms with Crippen LogP contribution < -0.4 is 21.3 Å². The quantitative estimate of drug-likeness (QED) is 0.134. The number of aromatic nitrogens is 1. The highest BCUT2D eigenvalue weighted by Gasteiger charge is 2.22. The number of nitrogens with two attached hydrogens (primary N) is 1. The Morgan fingerprint density at radius 1 is 0.912 bits per heavy atom. The number of carbonyl (C=O) groups is 2. The normalized spacial score (nSPS) is 11.9. The van der Waals surface area contributed by atoms with Crippen LogP contribution in [-0.2, 0) is 16.0 Å². The summed E-state index contributed by atoms with van der Waals surface area (Å²) < 4.78 is 5.60. The Bertz CT molecular complexity index is 1280. The van der Waals surface area contributed by atoms with Gasteiger partial charge in [-0.1, -0.05) is 72.8 Å². The van der Waals surface area contributed by atoms with E-state index in [2.05, 4.69) is 15.7 Å². The van der Waals surface area contributed by atoms with Gasteiger partial charge in [0.25, 0.3) is 11.8 Å². The lowest BCUT2D eigenvalue weighted by Gasteiger charge is -2.17. The highest BCUT2D eigenvalue weighted by atomic mass is 16.5. The predicted molar refractivity (Wildman–Crippen MR) is 134 cm³/mol. The third-order valence-corrected chi connectivity index (χ3v) is 5.41. The molecule has 1 unspecified atom stereocenters. The van der Waals surface area contributed by atoms with Gasteiger partial charge in [-0.15, -0.1) is 0 Å². The highest BCUT2D eigenvalue weighted by molar-refractivity contribution is 5.89. The van der Waals surface area contributed by atoms with Gasteiger partial charge in [-0.25, -0.2) is 5.84 Å². The Morgan fingerprint density at radius 3 is 2.32 bits per heavy atom. The molecule has 1 atom stereocenters. The average molecular weight is 455 g/mol. The van der Waals surface area contributed by atoms with E-state index >= 15 is 0 Å². The van der Waals surface area contributed by atoms with Crippen molar-refractivity contribution in [2.24, 2.45) is 5.84 Å². The zero-order valence-electron chi connectivity index (χ0n) is 18.5. The summed E-state index contributed by atoms with van der Waals surface area (Å²) >= 11 is 0. The molecule has 172 valence electrons. The van der Waals surface area contributed by atoms with Gasteiger partial charge < -0.3 is 15.0 Å². The van der Waals surface area contributed by atoms with Gasteiger partial charge >= 0.3 is 0 Å². The van der Waals surface area contributed by atoms with Gasteiger partial charge in [0.1, 0.15) is 11.8 Å². The van der Waals surface area contributed by atoms with Gasteiger partial charge in [-0.3, -0.25) is 15.0 Å². The molecule has 1 aromatic heterocycles. The Labute approximate surface area is 197 Å². The molecule has 0 fully saturated rings. The van der Waals surface area contributed by atoms with Crippen molar-refractivity contribution in [3.63, 3.8) is 0 Å². The van der Waals surface area contributed by atoms with Gasteiger partial charge in [0, 0.05) is 23.5 Å². The Balaban J connectivity index is 1.33. The first-order valence-corrected chi connectivity index (χ1v) is 10.9. The van der Waals surface area contributed by atoms with Gasteiger partial charge in [0.2, 0.25) is 0 Å². The van der Waals surface area contributed by atoms with Gasteiger partial charge in [-0.2, -0.15) is 0 Å². The first kappa shape index (κ1) is 22.8. The van der Waals surface area contributed by atoms with Crippen molar-refractivity contribution in [2.45, 2.75) is 12.5 Å². The number of H-pyrrole nitrogens is 1. The van der Waals surface area contributed by atoms with Gasteiger partial charge in [0.15, 0.2) is 6.61 Å². The van der Waals surface area contributed by atoms with Crippen LogP contribution in [0, 0.1) is 0 Å². The van der Waals surface area contributed by atoms with Crippen LogP contribution in [0.2, 0.25) is 0 Å². The maximum Gasteiger partial charge on any atom is 0.258 e. The van der Waals surface area contributed by atoms with E-state index in [-0.39, 0.29) is 6.61 Å². The fraction of sp³-hybridized carbons (Fsp3) is 0.111. The first-order chi connectivity index (χ1) is 16.6. The third-order valence-electron chi connectivity index (χ3n) is 5.41. The number of para-hydroxylation sites is 1. The van der Waals surface area contributed by atoms with E-state index in [4.69, 9.17) is 10.6 Å². The van der Waals surface area contributed by atoms with Crippen molar-refractivity contribution in [2.75, 3.05) is 6.61 Å². The highest BCUT2D eigenvalue weighted by Crippen LogP contribution is 2.19. The molecule has 0 radical (unpaired) electrons. The van der Waals surface area contributed by atoms with Crippen molar-refractivity contribution in [3.05, 3.63) is 102 Å². The number of nitrogens with one attached hydrogen (secondary N) is 3. The number of amides is 2. The molecule has 0 spiro atoms. The summed E-state index contributed by atoms with van der Waals surface area (Å²) in [6.45, 7) is -0.221. The second kappa shape index (κ2) is 11.0. The van der Waals surface area contributed by atoms with E-state index in [1.807, 2.05) is 85.1 Å². The summed E-state index contributed by atoms with van der Waals surface area (Å²) in [5.41, 5.74) is 6.12. The summed E-state index contributed by atoms with van der Waals surface area (Å²) in [6, 6.07) is 24.4. The van der Waals surface area contributed by atoms with Crippen LogP contribution in [0.15, 0.2) is 85.1 Å². The molecular weight excluding hydrogens is 428 g/mol. The van der Waals surface area contributed by atoms with E-state index in [0.717, 1.165) is 27.6 Å². The molecule has 34 heavy (non-hydrogen) atoms. The molecule has 0 saturated heterocycles. The van der Waals surface area contributed by atoms with Crippen LogP contribution >= 0.6 is 0 Å². The topological polar surface area (TPSA) is 109 Å². The Morgan fingerprint density at radius 2 is 1.59 bits per heavy atom. The average Bonchev–Trinajstić information content (AvgIpc) is 3.29. The fourth-order valence-electron chi connectivity index (χ4n) is 3.65. The number of hydrazine groups is 1. The number of benzene rings is 3. The second-order valence-corrected chi connectivity index (χ2v) is 7.79. The summed E-state index contributed by atoms with van der Waals surface area (Å²) in [6.07, 6.45) is 6.16. The summed E-state index contributed by atoms with van der Waals surface area (Å²) in [4.78, 5) is 27.9. The number of aromatic amines is 1. The second-order valence-electron chi connectivity index (χ2n) is 7.79. The summed E-state index contributed by atoms with van der Waals surface area (Å²) in [5.74, 6) is 5.00. The predicted octanol–water partition coefficient (Wildman–Crippen LogP) is 3.43. The van der Waals surface area contributed by atoms with Crippen LogP contribution in [0.25, 0.3) is 23.1 Å². The lowest BCUT2D eigenvalue weighted by molar-refractivity contribution is -0.130. The minimum Gasteiger partial charge on any atom is -0.484 e. The lowest BCUT2D eigenvalue weighted by Crippen LogP contribution is -2.51. The zero-order valence-corrected chi connectivity index (χ0v) is 18.5. The lowest BCUT2D eigenvalue weighted by atomic mass is 10.0. The minimum absolute atomic E-state index is 0.221. The van der Waals surface area contributed by atoms with Crippen LogP contribution in [0.5, 0.6) is 5.75 Å². The molecule has 1 heterocycles. The molecule has 4 rings (SSSR count). The number of hydrogen-bond acceptors (Lipinski definition) is 4. The molecule has 4 aromatic rings. The molecule has 7 nitrogen and oxygen atoms in total. The molecule has 5 N–H and O–H groups in total. The zero-order chi connectivity index (χ0) is 23.8. The number of hydrogen-bond donors (Lipinski definition) is 4. The van der Waals surface area contributed by atoms with E-state index in [1.165, 1.54) is 0 Å². The Hall–Kier alpha value is -4.36. The van der Waals surface area contributed by atoms with Gasteiger partial charge in [0.05, 0.1) is 0 Å². The molecule has 2 amide bonds. The van der Waals surface area contributed by atoms with Crippen molar-refractivity contribution in [1.82, 2.24) is 15.7 Å². The van der Waals surface area contributed by atoms with E-state index in [0.29, 0.717) is 12.2 Å². The van der Waals surface area contributed by atoms with Crippen molar-refractivity contribution < 1.29 is 14.3 Å². The molecule has 0 aliphatic heterocycles. The van der Waals surface area contributed by atoms with E-state index < -0.39 is 17.9 Å². The van der Waals surface area contributed by atoms with Crippen molar-refractivity contribution >= 4 is 34.9 Å². The molecular formula is C27H26N4O3.